The normalized spacial score (nSPS) is 18.2. The minimum absolute atomic E-state index is 0.0199. The fourth-order valence-electron chi connectivity index (χ4n) is 2.97. The molecule has 1 saturated heterocycles. The van der Waals surface area contributed by atoms with Crippen LogP contribution in [0.25, 0.3) is 11.0 Å². The zero-order chi connectivity index (χ0) is 18.0. The highest BCUT2D eigenvalue weighted by Gasteiger charge is 2.30. The van der Waals surface area contributed by atoms with Gasteiger partial charge in [0.1, 0.15) is 12.1 Å². The molecule has 2 N–H and O–H groups in total. The summed E-state index contributed by atoms with van der Waals surface area (Å²) in [5, 5.41) is 8.04. The third kappa shape index (κ3) is 3.59. The lowest BCUT2D eigenvalue weighted by molar-refractivity contribution is -0.133. The average molecular weight is 344 g/mol. The first kappa shape index (κ1) is 16.9. The number of carbonyl (C=O) groups is 3. The lowest BCUT2D eigenvalue weighted by Gasteiger charge is -2.22. The summed E-state index contributed by atoms with van der Waals surface area (Å²) in [6, 6.07) is 7.37. The van der Waals surface area contributed by atoms with Crippen LogP contribution in [0.3, 0.4) is 0 Å². The predicted molar refractivity (Wildman–Crippen MR) is 89.0 cm³/mol. The zero-order valence-electron chi connectivity index (χ0n) is 14.0. The summed E-state index contributed by atoms with van der Waals surface area (Å²) in [5.41, 5.74) is 6.91. The molecule has 0 unspecified atom stereocenters. The molecule has 2 heterocycles. The van der Waals surface area contributed by atoms with E-state index in [1.54, 1.807) is 9.80 Å². The van der Waals surface area contributed by atoms with Gasteiger partial charge in [0.05, 0.1) is 11.4 Å². The first-order chi connectivity index (χ1) is 12.0. The van der Waals surface area contributed by atoms with E-state index in [4.69, 9.17) is 5.73 Å². The maximum atomic E-state index is 12.7. The molecule has 25 heavy (non-hydrogen) atoms. The molecule has 9 nitrogen and oxygen atoms in total. The molecule has 9 heteroatoms. The van der Waals surface area contributed by atoms with Crippen LogP contribution in [0.2, 0.25) is 0 Å². The molecule has 0 aliphatic carbocycles. The van der Waals surface area contributed by atoms with Gasteiger partial charge in [0.2, 0.25) is 17.7 Å². The number of rotatable bonds is 3. The number of aromatic nitrogens is 3. The fourth-order valence-corrected chi connectivity index (χ4v) is 2.97. The minimum Gasteiger partial charge on any atom is -0.369 e. The van der Waals surface area contributed by atoms with Crippen LogP contribution < -0.4 is 5.73 Å². The highest BCUT2D eigenvalue weighted by atomic mass is 16.2. The number of amides is 3. The van der Waals surface area contributed by atoms with Crippen molar-refractivity contribution >= 4 is 28.8 Å². The van der Waals surface area contributed by atoms with Crippen molar-refractivity contribution in [1.82, 2.24) is 24.8 Å². The highest BCUT2D eigenvalue weighted by molar-refractivity contribution is 5.82. The Hall–Kier alpha value is -2.97. The van der Waals surface area contributed by atoms with Crippen LogP contribution in [0.1, 0.15) is 6.92 Å². The molecule has 3 amide bonds. The zero-order valence-corrected chi connectivity index (χ0v) is 14.0. The van der Waals surface area contributed by atoms with Crippen LogP contribution in [-0.2, 0) is 20.9 Å². The SMILES string of the molecule is CC(=O)N1CCN(C(=O)Cn2nnc3ccccc32)C[C@@H](C(N)=O)C1. The van der Waals surface area contributed by atoms with Gasteiger partial charge in [0.25, 0.3) is 0 Å². The van der Waals surface area contributed by atoms with Crippen molar-refractivity contribution < 1.29 is 14.4 Å². The van der Waals surface area contributed by atoms with Crippen LogP contribution in [-0.4, -0.2) is 68.7 Å². The van der Waals surface area contributed by atoms with Gasteiger partial charge >= 0.3 is 0 Å². The molecule has 0 bridgehead atoms. The van der Waals surface area contributed by atoms with Crippen molar-refractivity contribution in [3.63, 3.8) is 0 Å². The summed E-state index contributed by atoms with van der Waals surface area (Å²) < 4.78 is 1.53. The number of hydrogen-bond acceptors (Lipinski definition) is 5. The number of hydrogen-bond donors (Lipinski definition) is 1. The van der Waals surface area contributed by atoms with Gasteiger partial charge in [0, 0.05) is 33.1 Å². The highest BCUT2D eigenvalue weighted by Crippen LogP contribution is 2.13. The van der Waals surface area contributed by atoms with Crippen LogP contribution >= 0.6 is 0 Å². The molecule has 3 rings (SSSR count). The Kier molecular flexibility index (Phi) is 4.64. The van der Waals surface area contributed by atoms with Gasteiger partial charge in [-0.15, -0.1) is 5.10 Å². The minimum atomic E-state index is -0.581. The summed E-state index contributed by atoms with van der Waals surface area (Å²) >= 11 is 0. The predicted octanol–water partition coefficient (Wildman–Crippen LogP) is -0.776. The number of para-hydroxylation sites is 1. The molecule has 2 aromatic rings. The molecule has 1 atom stereocenters. The number of nitrogens with zero attached hydrogens (tertiary/aromatic N) is 5. The Morgan fingerprint density at radius 1 is 1.16 bits per heavy atom. The summed E-state index contributed by atoms with van der Waals surface area (Å²) in [6.07, 6.45) is 0. The Morgan fingerprint density at radius 3 is 2.56 bits per heavy atom. The van der Waals surface area contributed by atoms with Crippen molar-refractivity contribution in [1.29, 1.82) is 0 Å². The Labute approximate surface area is 144 Å². The number of nitrogens with two attached hydrogens (primary N) is 1. The number of primary amides is 1. The lowest BCUT2D eigenvalue weighted by Crippen LogP contribution is -2.41. The van der Waals surface area contributed by atoms with E-state index >= 15 is 0 Å². The molecule has 0 saturated carbocycles. The van der Waals surface area contributed by atoms with E-state index in [2.05, 4.69) is 10.3 Å². The van der Waals surface area contributed by atoms with Crippen LogP contribution in [0, 0.1) is 5.92 Å². The van der Waals surface area contributed by atoms with Gasteiger partial charge in [-0.25, -0.2) is 4.68 Å². The van der Waals surface area contributed by atoms with Crippen molar-refractivity contribution in [2.75, 3.05) is 26.2 Å². The third-order valence-electron chi connectivity index (χ3n) is 4.43. The summed E-state index contributed by atoms with van der Waals surface area (Å²) in [5.74, 6) is -1.42. The van der Waals surface area contributed by atoms with Crippen LogP contribution in [0.5, 0.6) is 0 Å². The number of carbonyl (C=O) groups excluding carboxylic acids is 3. The van der Waals surface area contributed by atoms with Gasteiger partial charge in [-0.05, 0) is 12.1 Å². The maximum Gasteiger partial charge on any atom is 0.244 e. The van der Waals surface area contributed by atoms with E-state index in [0.29, 0.717) is 18.6 Å². The number of fused-ring (bicyclic) bond motifs is 1. The smallest absolute Gasteiger partial charge is 0.244 e. The number of benzene rings is 1. The fraction of sp³-hybridized carbons (Fsp3) is 0.438. The second-order valence-electron chi connectivity index (χ2n) is 6.14. The molecule has 0 radical (unpaired) electrons. The first-order valence-electron chi connectivity index (χ1n) is 8.06. The van der Waals surface area contributed by atoms with E-state index in [-0.39, 0.29) is 31.4 Å². The summed E-state index contributed by atoms with van der Waals surface area (Å²) in [7, 11) is 0. The van der Waals surface area contributed by atoms with E-state index in [1.807, 2.05) is 24.3 Å². The van der Waals surface area contributed by atoms with Gasteiger partial charge in [-0.1, -0.05) is 17.3 Å². The molecule has 1 aromatic carbocycles. The first-order valence-corrected chi connectivity index (χ1v) is 8.06. The average Bonchev–Trinajstić information content (AvgIpc) is 2.83. The van der Waals surface area contributed by atoms with Crippen molar-refractivity contribution in [2.45, 2.75) is 13.5 Å². The van der Waals surface area contributed by atoms with E-state index in [0.717, 1.165) is 5.52 Å². The molecule has 1 aliphatic rings. The molecule has 1 aromatic heterocycles. The van der Waals surface area contributed by atoms with E-state index in [9.17, 15) is 14.4 Å². The Balaban J connectivity index is 1.76. The van der Waals surface area contributed by atoms with E-state index in [1.165, 1.54) is 11.6 Å². The second kappa shape index (κ2) is 6.88. The van der Waals surface area contributed by atoms with Gasteiger partial charge < -0.3 is 15.5 Å². The summed E-state index contributed by atoms with van der Waals surface area (Å²) in [4.78, 5) is 39.1. The van der Waals surface area contributed by atoms with Crippen LogP contribution in [0.4, 0.5) is 0 Å². The van der Waals surface area contributed by atoms with Crippen molar-refractivity contribution in [2.24, 2.45) is 11.7 Å². The Morgan fingerprint density at radius 2 is 1.84 bits per heavy atom. The lowest BCUT2D eigenvalue weighted by atomic mass is 10.1. The van der Waals surface area contributed by atoms with E-state index < -0.39 is 11.8 Å². The molecule has 0 spiro atoms. The molecular weight excluding hydrogens is 324 g/mol. The molecule has 1 fully saturated rings. The largest absolute Gasteiger partial charge is 0.369 e. The van der Waals surface area contributed by atoms with Gasteiger partial charge in [-0.3, -0.25) is 14.4 Å². The van der Waals surface area contributed by atoms with Gasteiger partial charge in [-0.2, -0.15) is 0 Å². The second-order valence-corrected chi connectivity index (χ2v) is 6.14. The third-order valence-corrected chi connectivity index (χ3v) is 4.43. The van der Waals surface area contributed by atoms with Gasteiger partial charge in [0.15, 0.2) is 0 Å². The summed E-state index contributed by atoms with van der Waals surface area (Å²) in [6.45, 7) is 2.63. The van der Waals surface area contributed by atoms with Crippen LogP contribution in [0.15, 0.2) is 24.3 Å². The quantitative estimate of drug-likeness (QED) is 0.785. The topological polar surface area (TPSA) is 114 Å². The molecular formula is C16H20N6O3. The standard InChI is InChI=1S/C16H20N6O3/c1-11(23)20-6-7-21(9-12(8-20)16(17)25)15(24)10-22-14-5-3-2-4-13(14)18-19-22/h2-5,12H,6-10H2,1H3,(H2,17,25)/t12-/m0/s1. The Bertz CT molecular complexity index is 817. The maximum absolute atomic E-state index is 12.7. The van der Waals surface area contributed by atoms with Crippen molar-refractivity contribution in [3.8, 4) is 0 Å². The molecule has 132 valence electrons. The van der Waals surface area contributed by atoms with Crippen molar-refractivity contribution in [3.05, 3.63) is 24.3 Å². The molecule has 1 aliphatic heterocycles. The monoisotopic (exact) mass is 344 g/mol.